The highest BCUT2D eigenvalue weighted by atomic mass is 32.1. The average Bonchev–Trinajstić information content (AvgIpc) is 3.03. The van der Waals surface area contributed by atoms with Crippen LogP contribution in [0.5, 0.6) is 0 Å². The quantitative estimate of drug-likeness (QED) is 0.916. The first-order valence-corrected chi connectivity index (χ1v) is 8.53. The zero-order valence-electron chi connectivity index (χ0n) is 14.1. The monoisotopic (exact) mass is 320 g/mol. The molecule has 0 saturated heterocycles. The molecule has 0 aliphatic carbocycles. The number of nitrogens with one attached hydrogen (secondary N) is 1. The van der Waals surface area contributed by atoms with Crippen LogP contribution >= 0.6 is 11.3 Å². The minimum atomic E-state index is -0.126. The van der Waals surface area contributed by atoms with E-state index in [1.165, 1.54) is 11.3 Å². The van der Waals surface area contributed by atoms with Gasteiger partial charge in [0.1, 0.15) is 5.69 Å². The van der Waals surface area contributed by atoms with Gasteiger partial charge in [0.15, 0.2) is 0 Å². The number of aromatic nitrogens is 3. The molecule has 0 unspecified atom stereocenters. The molecule has 1 N–H and O–H groups in total. The van der Waals surface area contributed by atoms with Crippen LogP contribution in [0.2, 0.25) is 0 Å². The van der Waals surface area contributed by atoms with Gasteiger partial charge >= 0.3 is 0 Å². The van der Waals surface area contributed by atoms with Gasteiger partial charge in [-0.15, -0.1) is 11.3 Å². The highest BCUT2D eigenvalue weighted by Crippen LogP contribution is 2.23. The molecule has 120 valence electrons. The van der Waals surface area contributed by atoms with Crippen molar-refractivity contribution in [2.75, 3.05) is 0 Å². The van der Waals surface area contributed by atoms with E-state index in [0.717, 1.165) is 28.5 Å². The molecule has 0 saturated carbocycles. The maximum Gasteiger partial charge on any atom is 0.271 e. The Labute approximate surface area is 135 Å². The van der Waals surface area contributed by atoms with E-state index in [1.54, 1.807) is 0 Å². The molecule has 2 aromatic heterocycles. The molecule has 0 aliphatic rings. The van der Waals surface area contributed by atoms with Gasteiger partial charge in [-0.2, -0.15) is 5.10 Å². The van der Waals surface area contributed by atoms with Crippen molar-refractivity contribution in [1.82, 2.24) is 20.1 Å². The lowest BCUT2D eigenvalue weighted by molar-refractivity contribution is 0.0935. The summed E-state index contributed by atoms with van der Waals surface area (Å²) in [4.78, 5) is 16.8. The fourth-order valence-electron chi connectivity index (χ4n) is 2.65. The number of amides is 1. The van der Waals surface area contributed by atoms with Crippen LogP contribution in [0.3, 0.4) is 0 Å². The van der Waals surface area contributed by atoms with Crippen molar-refractivity contribution in [2.24, 2.45) is 0 Å². The van der Waals surface area contributed by atoms with Gasteiger partial charge in [-0.25, -0.2) is 4.98 Å². The van der Waals surface area contributed by atoms with Gasteiger partial charge in [0.2, 0.25) is 0 Å². The second kappa shape index (κ2) is 6.60. The summed E-state index contributed by atoms with van der Waals surface area (Å²) in [7, 11) is 0. The van der Waals surface area contributed by atoms with Crippen LogP contribution in [0, 0.1) is 13.8 Å². The Balaban J connectivity index is 2.16. The first-order chi connectivity index (χ1) is 10.3. The van der Waals surface area contributed by atoms with Crippen molar-refractivity contribution >= 4 is 17.2 Å². The van der Waals surface area contributed by atoms with Crippen LogP contribution < -0.4 is 5.32 Å². The molecule has 0 spiro atoms. The standard InChI is InChI=1S/C16H24N4OS/c1-7-20-12(6)14(11(5)19-20)10(4)17-15(21)13-8-22-16(18-13)9(2)3/h8-10H,7H2,1-6H3,(H,17,21)/t10-/m0/s1. The zero-order valence-corrected chi connectivity index (χ0v) is 14.9. The molecule has 0 fully saturated rings. The topological polar surface area (TPSA) is 59.8 Å². The lowest BCUT2D eigenvalue weighted by Crippen LogP contribution is -2.27. The lowest BCUT2D eigenvalue weighted by Gasteiger charge is -2.14. The summed E-state index contributed by atoms with van der Waals surface area (Å²) in [6.45, 7) is 13.1. The third-order valence-corrected chi connectivity index (χ3v) is 4.91. The first kappa shape index (κ1) is 16.7. The summed E-state index contributed by atoms with van der Waals surface area (Å²) in [5.74, 6) is 0.218. The average molecular weight is 320 g/mol. The van der Waals surface area contributed by atoms with E-state index in [-0.39, 0.29) is 11.9 Å². The molecule has 6 heteroatoms. The molecule has 2 rings (SSSR count). The smallest absolute Gasteiger partial charge is 0.271 e. The molecule has 0 bridgehead atoms. The van der Waals surface area contributed by atoms with Gasteiger partial charge in [-0.05, 0) is 27.7 Å². The number of aryl methyl sites for hydroxylation is 2. The van der Waals surface area contributed by atoms with Gasteiger partial charge in [0, 0.05) is 29.1 Å². The lowest BCUT2D eigenvalue weighted by atomic mass is 10.1. The Morgan fingerprint density at radius 2 is 2.05 bits per heavy atom. The zero-order chi connectivity index (χ0) is 16.4. The molecule has 5 nitrogen and oxygen atoms in total. The van der Waals surface area contributed by atoms with Crippen LogP contribution in [0.25, 0.3) is 0 Å². The number of rotatable bonds is 5. The van der Waals surface area contributed by atoms with Crippen molar-refractivity contribution in [3.63, 3.8) is 0 Å². The van der Waals surface area contributed by atoms with E-state index in [1.807, 2.05) is 30.8 Å². The van der Waals surface area contributed by atoms with Crippen LogP contribution in [0.4, 0.5) is 0 Å². The maximum absolute atomic E-state index is 12.4. The molecule has 2 aromatic rings. The molecule has 0 radical (unpaired) electrons. The molecule has 22 heavy (non-hydrogen) atoms. The molecule has 1 atom stereocenters. The minimum Gasteiger partial charge on any atom is -0.344 e. The summed E-state index contributed by atoms with van der Waals surface area (Å²) in [5.41, 5.74) is 3.66. The molecule has 0 aliphatic heterocycles. The van der Waals surface area contributed by atoms with E-state index in [4.69, 9.17) is 0 Å². The van der Waals surface area contributed by atoms with Crippen molar-refractivity contribution in [2.45, 2.75) is 60.0 Å². The van der Waals surface area contributed by atoms with E-state index < -0.39 is 0 Å². The van der Waals surface area contributed by atoms with Gasteiger partial charge in [-0.3, -0.25) is 9.48 Å². The van der Waals surface area contributed by atoms with Gasteiger partial charge in [0.05, 0.1) is 16.7 Å². The second-order valence-corrected chi connectivity index (χ2v) is 6.71. The number of hydrogen-bond acceptors (Lipinski definition) is 4. The number of carbonyl (C=O) groups is 1. The Kier molecular flexibility index (Phi) is 5.01. The van der Waals surface area contributed by atoms with E-state index in [0.29, 0.717) is 11.6 Å². The number of thiazole rings is 1. The van der Waals surface area contributed by atoms with Crippen LogP contribution in [-0.2, 0) is 6.54 Å². The van der Waals surface area contributed by atoms with Gasteiger partial charge in [-0.1, -0.05) is 13.8 Å². The third-order valence-electron chi connectivity index (χ3n) is 3.77. The van der Waals surface area contributed by atoms with Crippen molar-refractivity contribution in [1.29, 1.82) is 0 Å². The second-order valence-electron chi connectivity index (χ2n) is 5.82. The fourth-order valence-corrected chi connectivity index (χ4v) is 3.46. The molecular weight excluding hydrogens is 296 g/mol. The van der Waals surface area contributed by atoms with E-state index >= 15 is 0 Å². The Morgan fingerprint density at radius 1 is 1.36 bits per heavy atom. The van der Waals surface area contributed by atoms with Crippen LogP contribution in [0.15, 0.2) is 5.38 Å². The molecule has 0 aromatic carbocycles. The maximum atomic E-state index is 12.4. The summed E-state index contributed by atoms with van der Waals surface area (Å²) in [6.07, 6.45) is 0. The molecule has 1 amide bonds. The summed E-state index contributed by atoms with van der Waals surface area (Å²) >= 11 is 1.53. The van der Waals surface area contributed by atoms with Crippen LogP contribution in [0.1, 0.15) is 72.1 Å². The Bertz CT molecular complexity index is 672. The Hall–Kier alpha value is -1.69. The van der Waals surface area contributed by atoms with Crippen LogP contribution in [-0.4, -0.2) is 20.7 Å². The largest absolute Gasteiger partial charge is 0.344 e. The normalized spacial score (nSPS) is 12.7. The first-order valence-electron chi connectivity index (χ1n) is 7.65. The summed E-state index contributed by atoms with van der Waals surface area (Å²) in [6, 6.07) is -0.0861. The van der Waals surface area contributed by atoms with Crippen molar-refractivity contribution in [3.05, 3.63) is 33.0 Å². The molecule has 2 heterocycles. The Morgan fingerprint density at radius 3 is 2.55 bits per heavy atom. The van der Waals surface area contributed by atoms with Crippen molar-refractivity contribution < 1.29 is 4.79 Å². The minimum absolute atomic E-state index is 0.0861. The highest BCUT2D eigenvalue weighted by molar-refractivity contribution is 7.09. The van der Waals surface area contributed by atoms with Gasteiger partial charge in [0.25, 0.3) is 5.91 Å². The van der Waals surface area contributed by atoms with E-state index in [9.17, 15) is 4.79 Å². The third kappa shape index (κ3) is 3.21. The number of hydrogen-bond donors (Lipinski definition) is 1. The number of nitrogens with zero attached hydrogens (tertiary/aromatic N) is 3. The number of carbonyl (C=O) groups excluding carboxylic acids is 1. The summed E-state index contributed by atoms with van der Waals surface area (Å²) < 4.78 is 1.97. The fraction of sp³-hybridized carbons (Fsp3) is 0.562. The summed E-state index contributed by atoms with van der Waals surface area (Å²) in [5, 5.41) is 10.4. The van der Waals surface area contributed by atoms with E-state index in [2.05, 4.69) is 36.2 Å². The van der Waals surface area contributed by atoms with Gasteiger partial charge < -0.3 is 5.32 Å². The predicted molar refractivity (Wildman–Crippen MR) is 89.5 cm³/mol. The SMILES string of the molecule is CCn1nc(C)c([C@H](C)NC(=O)c2csc(C(C)C)n2)c1C. The molecular formula is C16H24N4OS. The van der Waals surface area contributed by atoms with Crippen molar-refractivity contribution in [3.8, 4) is 0 Å². The highest BCUT2D eigenvalue weighted by Gasteiger charge is 2.20. The predicted octanol–water partition coefficient (Wildman–Crippen LogP) is 3.59.